The van der Waals surface area contributed by atoms with Gasteiger partial charge in [0.05, 0.1) is 4.90 Å². The molecule has 0 radical (unpaired) electrons. The van der Waals surface area contributed by atoms with Crippen molar-refractivity contribution >= 4 is 10.0 Å². The Labute approximate surface area is 144 Å². The summed E-state index contributed by atoms with van der Waals surface area (Å²) in [6, 6.07) is 17.1. The summed E-state index contributed by atoms with van der Waals surface area (Å²) in [6.45, 7) is 3.04. The van der Waals surface area contributed by atoms with Gasteiger partial charge in [-0.25, -0.2) is 8.42 Å². The van der Waals surface area contributed by atoms with Crippen LogP contribution in [0.2, 0.25) is 0 Å². The fraction of sp³-hybridized carbons (Fsp3) is 0.368. The third kappa shape index (κ3) is 3.53. The van der Waals surface area contributed by atoms with Gasteiger partial charge in [0.1, 0.15) is 0 Å². The Morgan fingerprint density at radius 3 is 2.29 bits per heavy atom. The number of nitrogens with zero attached hydrogens (tertiary/aromatic N) is 1. The highest BCUT2D eigenvalue weighted by molar-refractivity contribution is 7.89. The van der Waals surface area contributed by atoms with Gasteiger partial charge < -0.3 is 5.73 Å². The van der Waals surface area contributed by atoms with Crippen LogP contribution in [0.4, 0.5) is 0 Å². The molecular weight excluding hydrogens is 320 g/mol. The first kappa shape index (κ1) is 17.1. The molecule has 24 heavy (non-hydrogen) atoms. The molecule has 2 unspecified atom stereocenters. The Morgan fingerprint density at radius 1 is 1.04 bits per heavy atom. The Hall–Kier alpha value is -1.69. The summed E-state index contributed by atoms with van der Waals surface area (Å²) in [5.41, 5.74) is 8.07. The van der Waals surface area contributed by atoms with Crippen LogP contribution in [0.15, 0.2) is 59.5 Å². The molecule has 0 aromatic heterocycles. The van der Waals surface area contributed by atoms with Crippen LogP contribution in [0, 0.1) is 5.92 Å². The monoisotopic (exact) mass is 344 g/mol. The molecule has 1 fully saturated rings. The molecule has 0 aliphatic carbocycles. The predicted octanol–water partition coefficient (Wildman–Crippen LogP) is 3.10. The number of benzene rings is 2. The van der Waals surface area contributed by atoms with Crippen LogP contribution in [0.1, 0.15) is 19.8 Å². The maximum Gasteiger partial charge on any atom is 0.243 e. The molecule has 2 aromatic rings. The molecule has 0 spiro atoms. The van der Waals surface area contributed by atoms with Gasteiger partial charge in [0.2, 0.25) is 10.0 Å². The summed E-state index contributed by atoms with van der Waals surface area (Å²) >= 11 is 0. The molecule has 1 saturated heterocycles. The molecule has 1 aliphatic rings. The van der Waals surface area contributed by atoms with Crippen LogP contribution < -0.4 is 5.73 Å². The minimum Gasteiger partial charge on any atom is -0.328 e. The molecule has 4 nitrogen and oxygen atoms in total. The average Bonchev–Trinajstić information content (AvgIpc) is 2.62. The molecule has 2 atom stereocenters. The zero-order chi connectivity index (χ0) is 17.2. The van der Waals surface area contributed by atoms with E-state index in [0.29, 0.717) is 18.0 Å². The standard InChI is InChI=1S/C19H24N2O2S/c1-15(20)18-8-5-13-21(14-18)24(22,23)19-11-9-17(10-12-19)16-6-3-2-4-7-16/h2-4,6-7,9-12,15,18H,5,8,13-14,20H2,1H3. The van der Waals surface area contributed by atoms with Crippen molar-refractivity contribution in [3.05, 3.63) is 54.6 Å². The Kier molecular flexibility index (Phi) is 5.04. The van der Waals surface area contributed by atoms with Crippen LogP contribution in [-0.4, -0.2) is 31.9 Å². The average molecular weight is 344 g/mol. The van der Waals surface area contributed by atoms with E-state index in [-0.39, 0.29) is 12.0 Å². The fourth-order valence-corrected chi connectivity index (χ4v) is 4.76. The predicted molar refractivity (Wildman–Crippen MR) is 97.0 cm³/mol. The lowest BCUT2D eigenvalue weighted by molar-refractivity contribution is 0.243. The second kappa shape index (κ2) is 7.05. The summed E-state index contributed by atoms with van der Waals surface area (Å²) < 4.78 is 27.4. The smallest absolute Gasteiger partial charge is 0.243 e. The molecule has 2 N–H and O–H groups in total. The lowest BCUT2D eigenvalue weighted by atomic mass is 9.93. The van der Waals surface area contributed by atoms with Crippen LogP contribution >= 0.6 is 0 Å². The first-order valence-electron chi connectivity index (χ1n) is 8.40. The first-order valence-corrected chi connectivity index (χ1v) is 9.84. The summed E-state index contributed by atoms with van der Waals surface area (Å²) in [5, 5.41) is 0. The maximum absolute atomic E-state index is 12.9. The Balaban J connectivity index is 1.82. The van der Waals surface area contributed by atoms with E-state index < -0.39 is 10.0 Å². The van der Waals surface area contributed by atoms with E-state index in [4.69, 9.17) is 5.73 Å². The van der Waals surface area contributed by atoms with Crippen molar-refractivity contribution in [2.45, 2.75) is 30.7 Å². The molecule has 0 amide bonds. The minimum absolute atomic E-state index is 0.0171. The lowest BCUT2D eigenvalue weighted by Gasteiger charge is -2.33. The van der Waals surface area contributed by atoms with Gasteiger partial charge in [0.15, 0.2) is 0 Å². The molecule has 0 saturated carbocycles. The van der Waals surface area contributed by atoms with E-state index in [2.05, 4.69) is 0 Å². The highest BCUT2D eigenvalue weighted by atomic mass is 32.2. The van der Waals surface area contributed by atoms with Crippen LogP contribution in [0.5, 0.6) is 0 Å². The van der Waals surface area contributed by atoms with Gasteiger partial charge in [-0.05, 0) is 48.9 Å². The van der Waals surface area contributed by atoms with Crippen LogP contribution in [0.25, 0.3) is 11.1 Å². The van der Waals surface area contributed by atoms with Crippen molar-refractivity contribution < 1.29 is 8.42 Å². The molecule has 1 heterocycles. The largest absolute Gasteiger partial charge is 0.328 e. The highest BCUT2D eigenvalue weighted by Crippen LogP contribution is 2.27. The van der Waals surface area contributed by atoms with Crippen molar-refractivity contribution in [2.75, 3.05) is 13.1 Å². The number of hydrogen-bond donors (Lipinski definition) is 1. The zero-order valence-electron chi connectivity index (χ0n) is 13.9. The summed E-state index contributed by atoms with van der Waals surface area (Å²) in [4.78, 5) is 0.354. The summed E-state index contributed by atoms with van der Waals surface area (Å²) in [7, 11) is -3.45. The normalized spacial score (nSPS) is 20.7. The number of sulfonamides is 1. The molecule has 1 aliphatic heterocycles. The number of nitrogens with two attached hydrogens (primary N) is 1. The number of piperidine rings is 1. The fourth-order valence-electron chi connectivity index (χ4n) is 3.22. The van der Waals surface area contributed by atoms with E-state index in [1.54, 1.807) is 16.4 Å². The summed E-state index contributed by atoms with van der Waals surface area (Å²) in [5.74, 6) is 0.233. The summed E-state index contributed by atoms with van der Waals surface area (Å²) in [6.07, 6.45) is 1.87. The van der Waals surface area contributed by atoms with E-state index >= 15 is 0 Å². The van der Waals surface area contributed by atoms with Crippen LogP contribution in [-0.2, 0) is 10.0 Å². The van der Waals surface area contributed by atoms with Gasteiger partial charge in [-0.2, -0.15) is 4.31 Å². The van der Waals surface area contributed by atoms with Crippen LogP contribution in [0.3, 0.4) is 0 Å². The second-order valence-electron chi connectivity index (χ2n) is 6.51. The van der Waals surface area contributed by atoms with Gasteiger partial charge >= 0.3 is 0 Å². The van der Waals surface area contributed by atoms with Gasteiger partial charge in [0.25, 0.3) is 0 Å². The maximum atomic E-state index is 12.9. The molecular formula is C19H24N2O2S. The first-order chi connectivity index (χ1) is 11.5. The van der Waals surface area contributed by atoms with Crippen molar-refractivity contribution in [1.29, 1.82) is 0 Å². The highest BCUT2D eigenvalue weighted by Gasteiger charge is 2.31. The van der Waals surface area contributed by atoms with Crippen molar-refractivity contribution in [1.82, 2.24) is 4.31 Å². The van der Waals surface area contributed by atoms with Crippen molar-refractivity contribution in [2.24, 2.45) is 11.7 Å². The molecule has 3 rings (SSSR count). The van der Waals surface area contributed by atoms with Gasteiger partial charge in [-0.1, -0.05) is 42.5 Å². The third-order valence-electron chi connectivity index (χ3n) is 4.76. The van der Waals surface area contributed by atoms with Gasteiger partial charge in [-0.15, -0.1) is 0 Å². The third-order valence-corrected chi connectivity index (χ3v) is 6.64. The van der Waals surface area contributed by atoms with Crippen molar-refractivity contribution in [3.8, 4) is 11.1 Å². The Morgan fingerprint density at radius 2 is 1.67 bits per heavy atom. The molecule has 5 heteroatoms. The van der Waals surface area contributed by atoms with E-state index in [9.17, 15) is 8.42 Å². The number of hydrogen-bond acceptors (Lipinski definition) is 3. The quantitative estimate of drug-likeness (QED) is 0.927. The topological polar surface area (TPSA) is 63.4 Å². The van der Waals surface area contributed by atoms with Gasteiger partial charge in [-0.3, -0.25) is 0 Å². The van der Waals surface area contributed by atoms with Gasteiger partial charge in [0, 0.05) is 19.1 Å². The van der Waals surface area contributed by atoms with E-state index in [1.165, 1.54) is 0 Å². The minimum atomic E-state index is -3.45. The molecule has 0 bridgehead atoms. The Bertz CT molecular complexity index is 771. The zero-order valence-corrected chi connectivity index (χ0v) is 14.7. The van der Waals surface area contributed by atoms with Crippen molar-refractivity contribution in [3.63, 3.8) is 0 Å². The number of rotatable bonds is 4. The SMILES string of the molecule is CC(N)C1CCCN(S(=O)(=O)c2ccc(-c3ccccc3)cc2)C1. The second-order valence-corrected chi connectivity index (χ2v) is 8.45. The molecule has 2 aromatic carbocycles. The van der Waals surface area contributed by atoms with E-state index in [0.717, 1.165) is 24.0 Å². The van der Waals surface area contributed by atoms with E-state index in [1.807, 2.05) is 49.4 Å². The molecule has 128 valence electrons. The lowest BCUT2D eigenvalue weighted by Crippen LogP contribution is -2.44.